The monoisotopic (exact) mass is 330 g/mol. The Balaban J connectivity index is 1.83. The number of nitrogens with zero attached hydrogens (tertiary/aromatic N) is 2. The van der Waals surface area contributed by atoms with E-state index in [4.69, 9.17) is 4.74 Å². The number of urea groups is 1. The second-order valence-electron chi connectivity index (χ2n) is 5.42. The van der Waals surface area contributed by atoms with Crippen LogP contribution in [0.3, 0.4) is 0 Å². The first-order chi connectivity index (χ1) is 11.5. The Hall–Kier alpha value is -2.80. The summed E-state index contributed by atoms with van der Waals surface area (Å²) in [5.74, 6) is 1.52. The van der Waals surface area contributed by atoms with Gasteiger partial charge in [0.15, 0.2) is 0 Å². The zero-order valence-corrected chi connectivity index (χ0v) is 14.0. The van der Waals surface area contributed by atoms with Crippen molar-refractivity contribution in [2.24, 2.45) is 0 Å². The number of carbonyl (C=O) groups excluding carboxylic acids is 1. The number of aliphatic hydroxyl groups is 1. The number of aliphatic hydroxyl groups excluding tert-OH is 1. The average molecular weight is 330 g/mol. The minimum absolute atomic E-state index is 0.0986. The molecule has 0 radical (unpaired) electrons. The normalized spacial score (nSPS) is 11.5. The Morgan fingerprint density at radius 3 is 2.50 bits per heavy atom. The first-order valence-electron chi connectivity index (χ1n) is 7.50. The topological polar surface area (TPSA) is 86.7 Å². The molecule has 1 aromatic carbocycles. The molecular formula is C17H22N4O3. The van der Waals surface area contributed by atoms with Gasteiger partial charge in [0.2, 0.25) is 0 Å². The third kappa shape index (κ3) is 4.85. The fourth-order valence-corrected chi connectivity index (χ4v) is 2.03. The van der Waals surface area contributed by atoms with Gasteiger partial charge >= 0.3 is 6.03 Å². The van der Waals surface area contributed by atoms with E-state index in [2.05, 4.69) is 15.6 Å². The number of carbonyl (C=O) groups is 1. The van der Waals surface area contributed by atoms with Gasteiger partial charge in [0.05, 0.1) is 25.1 Å². The zero-order valence-electron chi connectivity index (χ0n) is 14.0. The van der Waals surface area contributed by atoms with Crippen LogP contribution in [0, 0.1) is 0 Å². The minimum Gasteiger partial charge on any atom is -0.497 e. The molecule has 2 rings (SSSR count). The molecule has 0 fully saturated rings. The van der Waals surface area contributed by atoms with Crippen molar-refractivity contribution in [3.05, 3.63) is 48.2 Å². The molecule has 2 aromatic rings. The molecule has 7 nitrogen and oxygen atoms in total. The standard InChI is InChI=1S/C17H22N4O3/c1-21(2)16-9-6-13(10-18-16)20-17(23)19-11-15(22)12-4-7-14(24-3)8-5-12/h4-10,15,22H,11H2,1-3H3,(H2,19,20,23). The van der Waals surface area contributed by atoms with Gasteiger partial charge in [0.1, 0.15) is 11.6 Å². The first kappa shape index (κ1) is 17.6. The number of hydrogen-bond donors (Lipinski definition) is 3. The van der Waals surface area contributed by atoms with Gasteiger partial charge in [0, 0.05) is 20.6 Å². The van der Waals surface area contributed by atoms with Gasteiger partial charge in [0.25, 0.3) is 0 Å². The fourth-order valence-electron chi connectivity index (χ4n) is 2.03. The van der Waals surface area contributed by atoms with E-state index in [1.54, 1.807) is 43.6 Å². The largest absolute Gasteiger partial charge is 0.497 e. The van der Waals surface area contributed by atoms with Crippen LogP contribution in [0.15, 0.2) is 42.6 Å². The van der Waals surface area contributed by atoms with Crippen LogP contribution in [-0.4, -0.2) is 43.9 Å². The van der Waals surface area contributed by atoms with Crippen LogP contribution in [0.2, 0.25) is 0 Å². The maximum atomic E-state index is 11.9. The summed E-state index contributed by atoms with van der Waals surface area (Å²) in [6.07, 6.45) is 0.783. The third-order valence-electron chi connectivity index (χ3n) is 3.42. The van der Waals surface area contributed by atoms with Crippen molar-refractivity contribution in [3.63, 3.8) is 0 Å². The predicted octanol–water partition coefficient (Wildman–Crippen LogP) is 2.01. The summed E-state index contributed by atoms with van der Waals surface area (Å²) < 4.78 is 5.07. The van der Waals surface area contributed by atoms with E-state index in [1.807, 2.05) is 25.1 Å². The van der Waals surface area contributed by atoms with Crippen molar-refractivity contribution in [1.29, 1.82) is 0 Å². The molecule has 1 aromatic heterocycles. The summed E-state index contributed by atoms with van der Waals surface area (Å²) in [6, 6.07) is 10.2. The highest BCUT2D eigenvalue weighted by Crippen LogP contribution is 2.17. The maximum absolute atomic E-state index is 11.9. The van der Waals surface area contributed by atoms with E-state index in [0.717, 1.165) is 5.82 Å². The second kappa shape index (κ2) is 8.16. The first-order valence-corrected chi connectivity index (χ1v) is 7.50. The van der Waals surface area contributed by atoms with Crippen LogP contribution in [0.25, 0.3) is 0 Å². The molecule has 1 heterocycles. The van der Waals surface area contributed by atoms with Crippen LogP contribution < -0.4 is 20.3 Å². The number of nitrogens with one attached hydrogen (secondary N) is 2. The van der Waals surface area contributed by atoms with Gasteiger partial charge in [-0.05, 0) is 29.8 Å². The maximum Gasteiger partial charge on any atom is 0.319 e. The van der Waals surface area contributed by atoms with E-state index in [0.29, 0.717) is 17.0 Å². The highest BCUT2D eigenvalue weighted by atomic mass is 16.5. The van der Waals surface area contributed by atoms with Crippen LogP contribution in [0.4, 0.5) is 16.3 Å². The van der Waals surface area contributed by atoms with Gasteiger partial charge in [-0.15, -0.1) is 0 Å². The van der Waals surface area contributed by atoms with Gasteiger partial charge < -0.3 is 25.4 Å². The molecule has 1 unspecified atom stereocenters. The summed E-state index contributed by atoms with van der Waals surface area (Å²) >= 11 is 0. The lowest BCUT2D eigenvalue weighted by Crippen LogP contribution is -2.32. The van der Waals surface area contributed by atoms with Crippen molar-refractivity contribution in [2.75, 3.05) is 38.0 Å². The number of hydrogen-bond acceptors (Lipinski definition) is 5. The SMILES string of the molecule is COc1ccc(C(O)CNC(=O)Nc2ccc(N(C)C)nc2)cc1. The smallest absolute Gasteiger partial charge is 0.319 e. The number of pyridine rings is 1. The van der Waals surface area contributed by atoms with Crippen molar-refractivity contribution < 1.29 is 14.6 Å². The molecule has 2 amide bonds. The van der Waals surface area contributed by atoms with Gasteiger partial charge in [-0.25, -0.2) is 9.78 Å². The highest BCUT2D eigenvalue weighted by Gasteiger charge is 2.10. The number of anilines is 2. The van der Waals surface area contributed by atoms with E-state index in [9.17, 15) is 9.90 Å². The number of rotatable bonds is 6. The molecule has 0 spiro atoms. The Labute approximate surface area is 141 Å². The summed E-state index contributed by atoms with van der Waals surface area (Å²) in [5, 5.41) is 15.4. The molecule has 0 aliphatic heterocycles. The lowest BCUT2D eigenvalue weighted by atomic mass is 10.1. The zero-order chi connectivity index (χ0) is 17.5. The van der Waals surface area contributed by atoms with Crippen LogP contribution in [-0.2, 0) is 0 Å². The van der Waals surface area contributed by atoms with Crippen molar-refractivity contribution in [1.82, 2.24) is 10.3 Å². The minimum atomic E-state index is -0.795. The average Bonchev–Trinajstić information content (AvgIpc) is 2.60. The lowest BCUT2D eigenvalue weighted by molar-refractivity contribution is 0.175. The molecule has 128 valence electrons. The van der Waals surface area contributed by atoms with Gasteiger partial charge in [-0.2, -0.15) is 0 Å². The van der Waals surface area contributed by atoms with Crippen LogP contribution in [0.5, 0.6) is 5.75 Å². The van der Waals surface area contributed by atoms with Crippen molar-refractivity contribution >= 4 is 17.5 Å². The molecule has 0 bridgehead atoms. The number of benzene rings is 1. The number of ether oxygens (including phenoxy) is 1. The summed E-state index contributed by atoms with van der Waals surface area (Å²) in [7, 11) is 5.36. The quantitative estimate of drug-likeness (QED) is 0.754. The van der Waals surface area contributed by atoms with E-state index < -0.39 is 12.1 Å². The number of methoxy groups -OCH3 is 1. The summed E-state index contributed by atoms with van der Waals surface area (Å²) in [5.41, 5.74) is 1.28. The van der Waals surface area contributed by atoms with Crippen molar-refractivity contribution in [2.45, 2.75) is 6.10 Å². The molecule has 0 saturated heterocycles. The Kier molecular flexibility index (Phi) is 5.97. The van der Waals surface area contributed by atoms with Crippen molar-refractivity contribution in [3.8, 4) is 5.75 Å². The Bertz CT molecular complexity index is 657. The van der Waals surface area contributed by atoms with Crippen LogP contribution in [0.1, 0.15) is 11.7 Å². The molecular weight excluding hydrogens is 308 g/mol. The van der Waals surface area contributed by atoms with E-state index in [1.165, 1.54) is 0 Å². The van der Waals surface area contributed by atoms with Gasteiger partial charge in [-0.1, -0.05) is 12.1 Å². The third-order valence-corrected chi connectivity index (χ3v) is 3.42. The van der Waals surface area contributed by atoms with Gasteiger partial charge in [-0.3, -0.25) is 0 Å². The predicted molar refractivity (Wildman–Crippen MR) is 93.5 cm³/mol. The molecule has 0 aliphatic carbocycles. The summed E-state index contributed by atoms with van der Waals surface area (Å²) in [6.45, 7) is 0.0986. The summed E-state index contributed by atoms with van der Waals surface area (Å²) in [4.78, 5) is 18.0. The molecule has 0 saturated carbocycles. The molecule has 7 heteroatoms. The number of amides is 2. The lowest BCUT2D eigenvalue weighted by Gasteiger charge is -2.14. The Morgan fingerprint density at radius 1 is 1.25 bits per heavy atom. The van der Waals surface area contributed by atoms with E-state index in [-0.39, 0.29) is 6.54 Å². The Morgan fingerprint density at radius 2 is 1.96 bits per heavy atom. The van der Waals surface area contributed by atoms with Crippen LogP contribution >= 0.6 is 0 Å². The second-order valence-corrected chi connectivity index (χ2v) is 5.42. The highest BCUT2D eigenvalue weighted by molar-refractivity contribution is 5.89. The van der Waals surface area contributed by atoms with E-state index >= 15 is 0 Å². The molecule has 3 N–H and O–H groups in total. The molecule has 0 aliphatic rings. The fraction of sp³-hybridized carbons (Fsp3) is 0.294. The number of aromatic nitrogens is 1. The molecule has 1 atom stereocenters. The molecule has 24 heavy (non-hydrogen) atoms.